The number of rotatable bonds is 53. The molecule has 14 atom stereocenters. The van der Waals surface area contributed by atoms with Gasteiger partial charge in [-0.1, -0.05) is 84.0 Å². The number of carbonyl (C=O) groups excluding carboxylic acids is 14. The fourth-order valence-electron chi connectivity index (χ4n) is 13.4. The van der Waals surface area contributed by atoms with Gasteiger partial charge in [0.15, 0.2) is 5.96 Å². The Bertz CT molecular complexity index is 3870. The average molecular weight is 1730 g/mol. The number of phenolic OH excluding ortho intramolecular Hbond substituents is 1. The van der Waals surface area contributed by atoms with Gasteiger partial charge in [-0.05, 0) is 151 Å². The molecule has 2 aromatic carbocycles. The summed E-state index contributed by atoms with van der Waals surface area (Å²) in [7, 11) is -5.44. The number of benzene rings is 2. The van der Waals surface area contributed by atoms with Gasteiger partial charge in [-0.15, -0.1) is 0 Å². The zero-order valence-corrected chi connectivity index (χ0v) is 70.4. The summed E-state index contributed by atoms with van der Waals surface area (Å²) >= 11 is 0. The van der Waals surface area contributed by atoms with Crippen molar-refractivity contribution in [3.8, 4) is 5.75 Å². The standard InChI is InChI=1S/C77H125N20O23P/c1-42(2)34-52(91-72(111)59-23-16-32-96(59)74(113)45(7)80)65(104)94-57(40-99)69(108)89-53(36-46-18-9-8-10-19-46)66(105)86-49(22-15-31-83-77(81)82)63(102)84-38-61(101)85-58(41-120-121(117,118)119)70(109)92-55(35-43(3)4)75(114)97-33-17-24-60(97)71(110)87-50(20-11-13-29-78)64(103)93-56(39-98)68(107)90-54(37-47-25-27-48(100)28-26-47)67(106)95-62(44(5)6)73(112)88-51(76(115)116)21-12-14-30-79/h8-10,18-19,25-28,42-45,49-60,62,98-100H,11-17,20-24,29-41,78-80H2,1-7H3,(H,84,102)(H,85,101)(H,86,105)(H,87,110)(H,88,112)(H,89,108)(H,90,107)(H,91,111)(H,92,109)(H,93,103)(H,94,104)(H,95,106)(H,115,116)(H4,81,82,83)(H2,117,118,119)/t45-,49-,50-,51-,52-,53-,54-,55-,56-,57-,58-,59-,60-,62-/m0/s1. The first-order valence-corrected chi connectivity index (χ1v) is 42.0. The van der Waals surface area contributed by atoms with Gasteiger partial charge in [0, 0.05) is 32.5 Å². The number of likely N-dealkylation sites (tertiary alicyclic amines) is 2. The second-order valence-corrected chi connectivity index (χ2v) is 32.4. The van der Waals surface area contributed by atoms with Crippen molar-refractivity contribution in [3.05, 3.63) is 65.7 Å². The number of aromatic hydroxyl groups is 1. The largest absolute Gasteiger partial charge is 0.508 e. The van der Waals surface area contributed by atoms with Crippen molar-refractivity contribution < 1.29 is 111 Å². The fourth-order valence-corrected chi connectivity index (χ4v) is 13.7. The van der Waals surface area contributed by atoms with E-state index < -0.39 is 219 Å². The number of hydrogen-bond donors (Lipinski definition) is 23. The maximum absolute atomic E-state index is 14.8. The molecule has 2 fully saturated rings. The normalized spacial score (nSPS) is 16.9. The predicted octanol–water partition coefficient (Wildman–Crippen LogP) is -5.81. The Kier molecular flexibility index (Phi) is 44.1. The van der Waals surface area contributed by atoms with E-state index in [1.165, 1.54) is 36.1 Å². The number of carboxylic acids is 1. The molecule has 4 rings (SSSR count). The number of nitrogens with zero attached hydrogens (tertiary/aromatic N) is 3. The van der Waals surface area contributed by atoms with Crippen LogP contribution in [0.3, 0.4) is 0 Å². The maximum atomic E-state index is 14.8. The Balaban J connectivity index is 1.55. The Morgan fingerprint density at radius 1 is 0.496 bits per heavy atom. The lowest BCUT2D eigenvalue weighted by Gasteiger charge is -2.31. The number of nitrogens with two attached hydrogens (primary N) is 5. The summed E-state index contributed by atoms with van der Waals surface area (Å²) in [5, 5.41) is 70.9. The molecule has 0 aromatic heterocycles. The number of phenols is 1. The van der Waals surface area contributed by atoms with Gasteiger partial charge >= 0.3 is 13.8 Å². The summed E-state index contributed by atoms with van der Waals surface area (Å²) in [4.78, 5) is 236. The van der Waals surface area contributed by atoms with E-state index in [1.54, 1.807) is 71.9 Å². The summed E-state index contributed by atoms with van der Waals surface area (Å²) in [6, 6.07) is -6.74. The number of amides is 14. The molecule has 2 aliphatic heterocycles. The molecule has 44 heteroatoms. The van der Waals surface area contributed by atoms with Gasteiger partial charge in [0.2, 0.25) is 82.7 Å². The number of guanidine groups is 1. The molecule has 2 saturated heterocycles. The number of aliphatic hydroxyl groups is 2. The molecule has 0 aliphatic carbocycles. The highest BCUT2D eigenvalue weighted by Crippen LogP contribution is 2.36. The Hall–Kier alpha value is -10.5. The number of phosphoric acid groups is 1. The first-order chi connectivity index (χ1) is 57.1. The minimum absolute atomic E-state index is 0.00202. The van der Waals surface area contributed by atoms with Gasteiger partial charge in [0.1, 0.15) is 84.3 Å². The SMILES string of the molecule is CC(C)C[C@H](NC(=O)[C@@H]1CCCN1C(=O)[C@H](C)N)C(=O)N[C@@H](CO)C(=O)N[C@@H](Cc1ccccc1)C(=O)N[C@@H](CCCN=C(N)N)C(=O)NCC(=O)N[C@@H](COP(=O)(O)O)C(=O)N[C@@H](CC(C)C)C(=O)N1CCC[C@H]1C(=O)N[C@@H](CCCCN)C(=O)N[C@@H](CO)C(=O)N[C@@H](Cc1ccc(O)cc1)C(=O)N[C@H](C(=O)N[C@@H](CCCCN)C(=O)O)C(C)C. The number of carbonyl (C=O) groups is 15. The number of phosphoric ester groups is 1. The van der Waals surface area contributed by atoms with Crippen molar-refractivity contribution in [2.75, 3.05) is 59.1 Å². The third kappa shape index (κ3) is 36.0. The van der Waals surface area contributed by atoms with Gasteiger partial charge in [-0.2, -0.15) is 0 Å². The van der Waals surface area contributed by atoms with Gasteiger partial charge in [-0.3, -0.25) is 76.6 Å². The smallest absolute Gasteiger partial charge is 0.469 e. The van der Waals surface area contributed by atoms with Crippen LogP contribution >= 0.6 is 7.82 Å². The first-order valence-electron chi connectivity index (χ1n) is 40.5. The number of aliphatic carboxylic acids is 1. The topological polar surface area (TPSA) is 697 Å². The van der Waals surface area contributed by atoms with Crippen LogP contribution in [0.15, 0.2) is 59.6 Å². The highest BCUT2D eigenvalue weighted by Gasteiger charge is 2.43. The molecule has 676 valence electrons. The van der Waals surface area contributed by atoms with Crippen molar-refractivity contribution in [3.63, 3.8) is 0 Å². The number of aliphatic imine (C=N–C) groups is 1. The van der Waals surface area contributed by atoms with E-state index in [2.05, 4.69) is 73.3 Å². The summed E-state index contributed by atoms with van der Waals surface area (Å²) in [5.41, 5.74) is 29.2. The van der Waals surface area contributed by atoms with Crippen molar-refractivity contribution in [1.82, 2.24) is 73.6 Å². The molecule has 2 heterocycles. The highest BCUT2D eigenvalue weighted by atomic mass is 31.2. The van der Waals surface area contributed by atoms with E-state index in [4.69, 9.17) is 28.7 Å². The monoisotopic (exact) mass is 1730 g/mol. The molecular weight excluding hydrogens is 1600 g/mol. The number of nitrogens with one attached hydrogen (secondary N) is 12. The average Bonchev–Trinajstić information content (AvgIpc) is 1.51. The minimum atomic E-state index is -5.44. The molecule has 0 spiro atoms. The van der Waals surface area contributed by atoms with Crippen LogP contribution in [0.1, 0.15) is 149 Å². The third-order valence-corrected chi connectivity index (χ3v) is 20.2. The fraction of sp³-hybridized carbons (Fsp3) is 0.636. The van der Waals surface area contributed by atoms with Crippen LogP contribution in [0.4, 0.5) is 0 Å². The molecule has 0 unspecified atom stereocenters. The van der Waals surface area contributed by atoms with E-state index in [0.29, 0.717) is 43.2 Å². The molecule has 0 radical (unpaired) electrons. The van der Waals surface area contributed by atoms with Crippen LogP contribution in [-0.4, -0.2) is 278 Å². The van der Waals surface area contributed by atoms with Crippen LogP contribution in [-0.2, 0) is 93.8 Å². The van der Waals surface area contributed by atoms with E-state index >= 15 is 0 Å². The van der Waals surface area contributed by atoms with Gasteiger partial charge in [0.25, 0.3) is 0 Å². The second-order valence-electron chi connectivity index (χ2n) is 31.1. The summed E-state index contributed by atoms with van der Waals surface area (Å²) in [5.74, 6) is -16.3. The zero-order chi connectivity index (χ0) is 90.4. The lowest BCUT2D eigenvalue weighted by molar-refractivity contribution is -0.143. The number of unbranched alkanes of at least 4 members (excludes halogenated alkanes) is 2. The lowest BCUT2D eigenvalue weighted by Crippen LogP contribution is -2.61. The van der Waals surface area contributed by atoms with Crippen LogP contribution in [0, 0.1) is 17.8 Å². The second kappa shape index (κ2) is 51.9. The third-order valence-electron chi connectivity index (χ3n) is 19.7. The zero-order valence-electron chi connectivity index (χ0n) is 69.5. The Morgan fingerprint density at radius 3 is 1.40 bits per heavy atom. The van der Waals surface area contributed by atoms with Gasteiger partial charge in [0.05, 0.1) is 32.4 Å². The van der Waals surface area contributed by atoms with Crippen LogP contribution in [0.2, 0.25) is 0 Å². The molecule has 0 bridgehead atoms. The van der Waals surface area contributed by atoms with E-state index in [0.717, 1.165) is 4.90 Å². The highest BCUT2D eigenvalue weighted by molar-refractivity contribution is 7.46. The first kappa shape index (κ1) is 103. The summed E-state index contributed by atoms with van der Waals surface area (Å²) in [6.07, 6.45) is 1.42. The van der Waals surface area contributed by atoms with E-state index in [9.17, 15) is 107 Å². The Labute approximate surface area is 702 Å². The van der Waals surface area contributed by atoms with Gasteiger partial charge in [-0.25, -0.2) is 9.36 Å². The van der Waals surface area contributed by atoms with E-state index in [-0.39, 0.29) is 121 Å². The van der Waals surface area contributed by atoms with E-state index in [1.807, 2.05) is 0 Å². The minimum Gasteiger partial charge on any atom is -0.508 e. The number of aliphatic hydroxyl groups excluding tert-OH is 2. The van der Waals surface area contributed by atoms with Crippen molar-refractivity contribution in [1.29, 1.82) is 0 Å². The predicted molar refractivity (Wildman–Crippen MR) is 439 cm³/mol. The van der Waals surface area contributed by atoms with Crippen molar-refractivity contribution in [2.45, 2.75) is 236 Å². The maximum Gasteiger partial charge on any atom is 0.469 e. The molecule has 2 aromatic rings. The molecule has 121 heavy (non-hydrogen) atoms. The molecule has 28 N–H and O–H groups in total. The summed E-state index contributed by atoms with van der Waals surface area (Å²) < 4.78 is 16.8. The molecule has 0 saturated carbocycles. The molecule has 43 nitrogen and oxygen atoms in total. The molecule has 14 amide bonds. The molecule has 2 aliphatic rings. The number of hydrogen-bond acceptors (Lipinski definition) is 24. The quantitative estimate of drug-likeness (QED) is 0.0127. The van der Waals surface area contributed by atoms with Crippen LogP contribution < -0.4 is 92.5 Å². The van der Waals surface area contributed by atoms with Crippen LogP contribution in [0.25, 0.3) is 0 Å². The summed E-state index contributed by atoms with van der Waals surface area (Å²) in [6.45, 7) is 7.70. The molecular formula is C77H125N20O23P. The number of carboxylic acid groups (broad SMARTS) is 1. The lowest BCUT2D eigenvalue weighted by atomic mass is 10.00. The van der Waals surface area contributed by atoms with Crippen molar-refractivity contribution >= 4 is 102 Å². The van der Waals surface area contributed by atoms with Gasteiger partial charge < -0.3 is 132 Å². The van der Waals surface area contributed by atoms with Crippen molar-refractivity contribution in [2.24, 2.45) is 51.4 Å². The Morgan fingerprint density at radius 2 is 0.917 bits per heavy atom. The van der Waals surface area contributed by atoms with Crippen LogP contribution in [0.5, 0.6) is 5.75 Å².